The van der Waals surface area contributed by atoms with E-state index in [-0.39, 0.29) is 11.9 Å². The summed E-state index contributed by atoms with van der Waals surface area (Å²) in [6.45, 7) is 4.45. The van der Waals surface area contributed by atoms with E-state index in [1.54, 1.807) is 12.1 Å². The first kappa shape index (κ1) is 15.4. The average Bonchev–Trinajstić information content (AvgIpc) is 2.53. The first-order chi connectivity index (χ1) is 10.5. The molecule has 120 valence electrons. The van der Waals surface area contributed by atoms with Gasteiger partial charge >= 0.3 is 0 Å². The van der Waals surface area contributed by atoms with Crippen molar-refractivity contribution in [3.63, 3.8) is 0 Å². The van der Waals surface area contributed by atoms with Crippen molar-refractivity contribution in [2.45, 2.75) is 31.8 Å². The maximum Gasteiger partial charge on any atom is 0.255 e. The molecule has 3 saturated heterocycles. The normalized spacial score (nSPS) is 30.1. The van der Waals surface area contributed by atoms with Gasteiger partial charge in [0.25, 0.3) is 5.91 Å². The van der Waals surface area contributed by atoms with Crippen molar-refractivity contribution < 1.29 is 9.53 Å². The second-order valence-corrected chi connectivity index (χ2v) is 6.59. The number of methoxy groups -OCH3 is 1. The summed E-state index contributed by atoms with van der Waals surface area (Å²) in [5.74, 6) is 0.858. The first-order valence-electron chi connectivity index (χ1n) is 7.69. The lowest BCUT2D eigenvalue weighted by Gasteiger charge is -2.49. The van der Waals surface area contributed by atoms with Gasteiger partial charge in [-0.15, -0.1) is 0 Å². The van der Waals surface area contributed by atoms with Gasteiger partial charge in [-0.25, -0.2) is 0 Å². The van der Waals surface area contributed by atoms with E-state index >= 15 is 0 Å². The number of benzene rings is 1. The standard InChI is InChI=1S/C16H22ClN3O2/c1-9-15(10-3-5-20(9)6-4-10)19-16(21)11-7-12(17)13(18)8-14(11)22-2/h7-10,15H,3-6,18H2,1-2H3,(H,19,21)/t9-,15?/m0/s1. The summed E-state index contributed by atoms with van der Waals surface area (Å²) < 4.78 is 5.27. The number of halogens is 1. The maximum atomic E-state index is 12.7. The molecule has 5 nitrogen and oxygen atoms in total. The summed E-state index contributed by atoms with van der Waals surface area (Å²) in [5, 5.41) is 3.55. The fourth-order valence-corrected chi connectivity index (χ4v) is 3.85. The number of anilines is 1. The number of nitrogen functional groups attached to an aromatic ring is 1. The van der Waals surface area contributed by atoms with E-state index in [9.17, 15) is 4.79 Å². The molecule has 4 rings (SSSR count). The molecule has 1 unspecified atom stereocenters. The van der Waals surface area contributed by atoms with Crippen molar-refractivity contribution in [2.75, 3.05) is 25.9 Å². The van der Waals surface area contributed by atoms with Gasteiger partial charge in [0.1, 0.15) is 5.75 Å². The highest BCUT2D eigenvalue weighted by Crippen LogP contribution is 2.33. The van der Waals surface area contributed by atoms with Crippen LogP contribution in [0.1, 0.15) is 30.1 Å². The predicted molar refractivity (Wildman–Crippen MR) is 87.4 cm³/mol. The molecule has 1 aromatic rings. The van der Waals surface area contributed by atoms with E-state index in [4.69, 9.17) is 22.1 Å². The molecule has 2 atom stereocenters. The smallest absolute Gasteiger partial charge is 0.255 e. The second-order valence-electron chi connectivity index (χ2n) is 6.19. The molecule has 0 radical (unpaired) electrons. The summed E-state index contributed by atoms with van der Waals surface area (Å²) in [4.78, 5) is 15.1. The van der Waals surface area contributed by atoms with Crippen LogP contribution in [0.3, 0.4) is 0 Å². The Balaban J connectivity index is 1.81. The number of carbonyl (C=O) groups is 1. The van der Waals surface area contributed by atoms with Crippen LogP contribution in [-0.2, 0) is 0 Å². The van der Waals surface area contributed by atoms with Crippen LogP contribution in [0, 0.1) is 5.92 Å². The molecule has 1 amide bonds. The molecule has 0 aromatic heterocycles. The van der Waals surface area contributed by atoms with Crippen LogP contribution >= 0.6 is 11.6 Å². The van der Waals surface area contributed by atoms with E-state index in [0.717, 1.165) is 25.9 Å². The number of amides is 1. The van der Waals surface area contributed by atoms with Gasteiger partial charge in [-0.2, -0.15) is 0 Å². The number of nitrogens with zero attached hydrogens (tertiary/aromatic N) is 1. The van der Waals surface area contributed by atoms with Crippen LogP contribution in [0.4, 0.5) is 5.69 Å². The third-order valence-corrected chi connectivity index (χ3v) is 5.37. The highest BCUT2D eigenvalue weighted by molar-refractivity contribution is 6.33. The number of piperidine rings is 3. The van der Waals surface area contributed by atoms with E-state index in [1.165, 1.54) is 7.11 Å². The Kier molecular flexibility index (Phi) is 4.19. The summed E-state index contributed by atoms with van der Waals surface area (Å²) in [6, 6.07) is 3.72. The molecule has 3 fully saturated rings. The monoisotopic (exact) mass is 323 g/mol. The minimum absolute atomic E-state index is 0.149. The highest BCUT2D eigenvalue weighted by atomic mass is 35.5. The summed E-state index contributed by atoms with van der Waals surface area (Å²) >= 11 is 6.05. The van der Waals surface area contributed by atoms with Crippen LogP contribution in [0.2, 0.25) is 5.02 Å². The van der Waals surface area contributed by atoms with Crippen LogP contribution in [0.25, 0.3) is 0 Å². The average molecular weight is 324 g/mol. The molecule has 1 aromatic carbocycles. The van der Waals surface area contributed by atoms with Gasteiger partial charge < -0.3 is 15.8 Å². The van der Waals surface area contributed by atoms with Crippen LogP contribution in [0.5, 0.6) is 5.75 Å². The van der Waals surface area contributed by atoms with E-state index in [2.05, 4.69) is 17.1 Å². The van der Waals surface area contributed by atoms with Crippen molar-refractivity contribution in [3.05, 3.63) is 22.7 Å². The van der Waals surface area contributed by atoms with Crippen LogP contribution < -0.4 is 15.8 Å². The number of carbonyl (C=O) groups excluding carboxylic acids is 1. The van der Waals surface area contributed by atoms with Crippen molar-refractivity contribution in [2.24, 2.45) is 5.92 Å². The molecule has 3 aliphatic heterocycles. The van der Waals surface area contributed by atoms with Gasteiger partial charge in [0.05, 0.1) is 23.4 Å². The fraction of sp³-hybridized carbons (Fsp3) is 0.562. The van der Waals surface area contributed by atoms with Crippen molar-refractivity contribution in [3.8, 4) is 5.75 Å². The van der Waals surface area contributed by atoms with Gasteiger partial charge in [0, 0.05) is 18.2 Å². The number of fused-ring (bicyclic) bond motifs is 3. The number of hydrogen-bond donors (Lipinski definition) is 2. The van der Waals surface area contributed by atoms with Gasteiger partial charge in [-0.3, -0.25) is 9.69 Å². The molecular weight excluding hydrogens is 302 g/mol. The summed E-state index contributed by atoms with van der Waals surface area (Å²) in [6.07, 6.45) is 2.30. The molecule has 3 heterocycles. The zero-order valence-electron chi connectivity index (χ0n) is 12.9. The number of nitrogens with one attached hydrogen (secondary N) is 1. The molecule has 22 heavy (non-hydrogen) atoms. The number of rotatable bonds is 3. The van der Waals surface area contributed by atoms with Crippen molar-refractivity contribution in [1.29, 1.82) is 0 Å². The maximum absolute atomic E-state index is 12.7. The number of ether oxygens (including phenoxy) is 1. The zero-order valence-corrected chi connectivity index (χ0v) is 13.7. The Bertz CT molecular complexity index is 583. The molecule has 0 aliphatic carbocycles. The lowest BCUT2D eigenvalue weighted by molar-refractivity contribution is 0.0216. The Hall–Kier alpha value is -1.46. The van der Waals surface area contributed by atoms with Crippen LogP contribution in [-0.4, -0.2) is 43.1 Å². The minimum atomic E-state index is -0.149. The quantitative estimate of drug-likeness (QED) is 0.836. The SMILES string of the molecule is COc1cc(N)c(Cl)cc1C(=O)NC1C2CCN(CC2)[C@H]1C. The first-order valence-corrected chi connectivity index (χ1v) is 8.07. The molecule has 0 spiro atoms. The Morgan fingerprint density at radius 2 is 2.09 bits per heavy atom. The van der Waals surface area contributed by atoms with E-state index in [0.29, 0.717) is 34.0 Å². The van der Waals surface area contributed by atoms with Crippen molar-refractivity contribution >= 4 is 23.2 Å². The van der Waals surface area contributed by atoms with E-state index in [1.807, 2.05) is 0 Å². The fourth-order valence-electron chi connectivity index (χ4n) is 3.69. The highest BCUT2D eigenvalue weighted by Gasteiger charge is 2.40. The molecule has 3 N–H and O–H groups in total. The van der Waals surface area contributed by atoms with Crippen molar-refractivity contribution in [1.82, 2.24) is 10.2 Å². The van der Waals surface area contributed by atoms with Crippen LogP contribution in [0.15, 0.2) is 12.1 Å². The lowest BCUT2D eigenvalue weighted by atomic mass is 9.79. The Labute approximate surface area is 135 Å². The molecular formula is C16H22ClN3O2. The summed E-state index contributed by atoms with van der Waals surface area (Å²) in [7, 11) is 1.52. The summed E-state index contributed by atoms with van der Waals surface area (Å²) in [5.41, 5.74) is 6.61. The molecule has 6 heteroatoms. The molecule has 2 bridgehead atoms. The van der Waals surface area contributed by atoms with Gasteiger partial charge in [0.2, 0.25) is 0 Å². The number of nitrogens with two attached hydrogens (primary N) is 1. The molecule has 3 aliphatic rings. The Morgan fingerprint density at radius 3 is 2.68 bits per heavy atom. The Morgan fingerprint density at radius 1 is 1.41 bits per heavy atom. The third kappa shape index (κ3) is 2.63. The van der Waals surface area contributed by atoms with E-state index < -0.39 is 0 Å². The predicted octanol–water partition coefficient (Wildman–Crippen LogP) is 2.14. The van der Waals surface area contributed by atoms with Gasteiger partial charge in [0.15, 0.2) is 0 Å². The topological polar surface area (TPSA) is 67.6 Å². The third-order valence-electron chi connectivity index (χ3n) is 5.04. The van der Waals surface area contributed by atoms with Gasteiger partial charge in [-0.05, 0) is 44.8 Å². The second kappa shape index (κ2) is 5.97. The lowest BCUT2D eigenvalue weighted by Crippen LogP contribution is -2.62. The van der Waals surface area contributed by atoms with Gasteiger partial charge in [-0.1, -0.05) is 11.6 Å². The zero-order chi connectivity index (χ0) is 15.9. The molecule has 0 saturated carbocycles. The largest absolute Gasteiger partial charge is 0.496 e. The number of hydrogen-bond acceptors (Lipinski definition) is 4. The minimum Gasteiger partial charge on any atom is -0.496 e.